The van der Waals surface area contributed by atoms with Crippen molar-refractivity contribution in [3.8, 4) is 0 Å². The van der Waals surface area contributed by atoms with Gasteiger partial charge >= 0.3 is 0 Å². The van der Waals surface area contributed by atoms with Gasteiger partial charge in [-0.05, 0) is 19.8 Å². The van der Waals surface area contributed by atoms with Crippen LogP contribution in [0, 0.1) is 0 Å². The minimum absolute atomic E-state index is 0. The van der Waals surface area contributed by atoms with Crippen molar-refractivity contribution in [1.29, 1.82) is 0 Å². The van der Waals surface area contributed by atoms with Crippen molar-refractivity contribution in [2.24, 2.45) is 4.99 Å². The molecule has 2 fully saturated rings. The van der Waals surface area contributed by atoms with Crippen LogP contribution in [0.15, 0.2) is 4.99 Å². The Hall–Kier alpha value is -0.610. The van der Waals surface area contributed by atoms with Crippen molar-refractivity contribution in [1.82, 2.24) is 15.5 Å². The number of nitrogens with zero attached hydrogens (tertiary/aromatic N) is 2. The molecule has 8 heteroatoms. The summed E-state index contributed by atoms with van der Waals surface area (Å²) < 4.78 is 12.1. The van der Waals surface area contributed by atoms with E-state index in [1.54, 1.807) is 14.1 Å². The molecule has 0 aromatic rings. The highest BCUT2D eigenvalue weighted by Gasteiger charge is 2.42. The summed E-state index contributed by atoms with van der Waals surface area (Å²) in [4.78, 5) is 17.5. The lowest BCUT2D eigenvalue weighted by atomic mass is 9.94. The monoisotopic (exact) mass is 454 g/mol. The van der Waals surface area contributed by atoms with Crippen molar-refractivity contribution in [2.45, 2.75) is 50.9 Å². The fourth-order valence-electron chi connectivity index (χ4n) is 2.91. The van der Waals surface area contributed by atoms with Crippen LogP contribution in [0.5, 0.6) is 0 Å². The molecule has 1 saturated carbocycles. The van der Waals surface area contributed by atoms with Crippen LogP contribution < -0.4 is 10.6 Å². The first-order chi connectivity index (χ1) is 11.0. The molecule has 2 aliphatic rings. The fraction of sp³-hybridized carbons (Fsp3) is 0.875. The van der Waals surface area contributed by atoms with Gasteiger partial charge in [-0.1, -0.05) is 6.42 Å². The third-order valence-corrected chi connectivity index (χ3v) is 4.24. The van der Waals surface area contributed by atoms with Crippen LogP contribution in [-0.2, 0) is 14.3 Å². The van der Waals surface area contributed by atoms with E-state index in [0.717, 1.165) is 19.4 Å². The summed E-state index contributed by atoms with van der Waals surface area (Å²) in [6, 6.07) is 0. The summed E-state index contributed by atoms with van der Waals surface area (Å²) in [5.41, 5.74) is 0. The Morgan fingerprint density at radius 1 is 1.25 bits per heavy atom. The number of amides is 1. The quantitative estimate of drug-likeness (QED) is 0.373. The van der Waals surface area contributed by atoms with Crippen LogP contribution in [0.25, 0.3) is 0 Å². The van der Waals surface area contributed by atoms with Crippen LogP contribution in [0.4, 0.5) is 0 Å². The molecule has 24 heavy (non-hydrogen) atoms. The topological polar surface area (TPSA) is 75.2 Å². The van der Waals surface area contributed by atoms with E-state index in [0.29, 0.717) is 19.1 Å². The fourth-order valence-corrected chi connectivity index (χ4v) is 2.91. The molecule has 1 aliphatic carbocycles. The molecule has 1 spiro atoms. The molecule has 1 saturated heterocycles. The van der Waals surface area contributed by atoms with Gasteiger partial charge in [-0.2, -0.15) is 0 Å². The van der Waals surface area contributed by atoms with Gasteiger partial charge in [0.2, 0.25) is 5.91 Å². The van der Waals surface area contributed by atoms with Crippen LogP contribution in [-0.4, -0.2) is 69.0 Å². The second kappa shape index (κ2) is 10.4. The number of ether oxygens (including phenoxy) is 2. The van der Waals surface area contributed by atoms with E-state index in [2.05, 4.69) is 15.6 Å². The molecule has 140 valence electrons. The Balaban J connectivity index is 0.00000288. The first-order valence-electron chi connectivity index (χ1n) is 8.59. The number of rotatable bonds is 5. The second-order valence-corrected chi connectivity index (χ2v) is 6.39. The Bertz CT molecular complexity index is 426. The van der Waals surface area contributed by atoms with Gasteiger partial charge in [-0.3, -0.25) is 4.79 Å². The molecule has 0 aromatic carbocycles. The third-order valence-electron chi connectivity index (χ3n) is 4.24. The summed E-state index contributed by atoms with van der Waals surface area (Å²) in [6.07, 6.45) is 5.65. The zero-order valence-electron chi connectivity index (χ0n) is 15.0. The number of hydrogen-bond donors (Lipinski definition) is 2. The summed E-state index contributed by atoms with van der Waals surface area (Å²) in [5.74, 6) is 0.265. The SMILES string of the molecule is CCNC(=NCC(=O)N(C)C)NCC1COC2(CCCCC2)O1.I. The average Bonchev–Trinajstić information content (AvgIpc) is 2.93. The minimum Gasteiger partial charge on any atom is -0.357 e. The van der Waals surface area contributed by atoms with Gasteiger partial charge in [0.1, 0.15) is 12.6 Å². The number of likely N-dealkylation sites (N-methyl/N-ethyl adjacent to an activating group) is 1. The number of halogens is 1. The van der Waals surface area contributed by atoms with Crippen LogP contribution >= 0.6 is 24.0 Å². The molecule has 7 nitrogen and oxygen atoms in total. The zero-order valence-corrected chi connectivity index (χ0v) is 17.3. The number of aliphatic imine (C=N–C) groups is 1. The van der Waals surface area contributed by atoms with Gasteiger partial charge in [-0.15, -0.1) is 24.0 Å². The van der Waals surface area contributed by atoms with E-state index in [1.807, 2.05) is 6.92 Å². The van der Waals surface area contributed by atoms with Crippen LogP contribution in [0.1, 0.15) is 39.0 Å². The van der Waals surface area contributed by atoms with E-state index in [4.69, 9.17) is 9.47 Å². The Labute approximate surface area is 161 Å². The van der Waals surface area contributed by atoms with Crippen molar-refractivity contribution in [3.63, 3.8) is 0 Å². The molecule has 1 amide bonds. The zero-order chi connectivity index (χ0) is 16.7. The molecular weight excluding hydrogens is 423 g/mol. The lowest BCUT2D eigenvalue weighted by Crippen LogP contribution is -2.43. The summed E-state index contributed by atoms with van der Waals surface area (Å²) >= 11 is 0. The smallest absolute Gasteiger partial charge is 0.243 e. The number of carbonyl (C=O) groups is 1. The molecule has 2 rings (SSSR count). The predicted octanol–water partition coefficient (Wildman–Crippen LogP) is 1.32. The second-order valence-electron chi connectivity index (χ2n) is 6.39. The van der Waals surface area contributed by atoms with Gasteiger partial charge in [-0.25, -0.2) is 4.99 Å². The average molecular weight is 454 g/mol. The van der Waals surface area contributed by atoms with E-state index in [1.165, 1.54) is 24.2 Å². The Kier molecular flexibility index (Phi) is 9.28. The van der Waals surface area contributed by atoms with E-state index in [-0.39, 0.29) is 48.3 Å². The normalized spacial score (nSPS) is 22.8. The highest BCUT2D eigenvalue weighted by molar-refractivity contribution is 14.0. The molecule has 1 aliphatic heterocycles. The first kappa shape index (κ1) is 21.4. The molecule has 1 heterocycles. The molecule has 2 N–H and O–H groups in total. The predicted molar refractivity (Wildman–Crippen MR) is 105 cm³/mol. The highest BCUT2D eigenvalue weighted by Crippen LogP contribution is 2.37. The maximum absolute atomic E-state index is 11.6. The van der Waals surface area contributed by atoms with E-state index in [9.17, 15) is 4.79 Å². The van der Waals surface area contributed by atoms with Gasteiger partial charge < -0.3 is 25.0 Å². The summed E-state index contributed by atoms with van der Waals surface area (Å²) in [6.45, 7) is 4.12. The lowest BCUT2D eigenvalue weighted by molar-refractivity contribution is -0.186. The maximum Gasteiger partial charge on any atom is 0.243 e. The van der Waals surface area contributed by atoms with E-state index < -0.39 is 0 Å². The molecule has 1 unspecified atom stereocenters. The minimum atomic E-state index is -0.346. The first-order valence-corrected chi connectivity index (χ1v) is 8.59. The van der Waals surface area contributed by atoms with Crippen LogP contribution in [0.3, 0.4) is 0 Å². The van der Waals surface area contributed by atoms with Crippen molar-refractivity contribution in [3.05, 3.63) is 0 Å². The third kappa shape index (κ3) is 6.36. The standard InChI is InChI=1S/C16H30N4O3.HI/c1-4-17-15(19-11-14(21)20(2)3)18-10-13-12-22-16(23-13)8-6-5-7-9-16;/h13H,4-12H2,1-3H3,(H2,17,18,19);1H. The lowest BCUT2D eigenvalue weighted by Gasteiger charge is -2.31. The maximum atomic E-state index is 11.6. The Morgan fingerprint density at radius 3 is 2.58 bits per heavy atom. The van der Waals surface area contributed by atoms with Crippen molar-refractivity contribution >= 4 is 35.8 Å². The van der Waals surface area contributed by atoms with Crippen molar-refractivity contribution < 1.29 is 14.3 Å². The number of carbonyl (C=O) groups excluding carboxylic acids is 1. The Morgan fingerprint density at radius 2 is 1.96 bits per heavy atom. The molecule has 0 radical (unpaired) electrons. The largest absolute Gasteiger partial charge is 0.357 e. The van der Waals surface area contributed by atoms with Crippen LogP contribution in [0.2, 0.25) is 0 Å². The number of nitrogens with one attached hydrogen (secondary N) is 2. The highest BCUT2D eigenvalue weighted by atomic mass is 127. The molecule has 1 atom stereocenters. The summed E-state index contributed by atoms with van der Waals surface area (Å²) in [5, 5.41) is 6.39. The number of guanidine groups is 1. The van der Waals surface area contributed by atoms with Gasteiger partial charge in [0, 0.05) is 40.0 Å². The molecule has 0 bridgehead atoms. The van der Waals surface area contributed by atoms with Crippen molar-refractivity contribution in [2.75, 3.05) is 40.3 Å². The van der Waals surface area contributed by atoms with Gasteiger partial charge in [0.05, 0.1) is 6.61 Å². The molecule has 0 aromatic heterocycles. The van der Waals surface area contributed by atoms with Gasteiger partial charge in [0.15, 0.2) is 11.7 Å². The summed E-state index contributed by atoms with van der Waals surface area (Å²) in [7, 11) is 3.46. The molecular formula is C16H31IN4O3. The van der Waals surface area contributed by atoms with E-state index >= 15 is 0 Å². The number of hydrogen-bond acceptors (Lipinski definition) is 4. The van der Waals surface area contributed by atoms with Gasteiger partial charge in [0.25, 0.3) is 0 Å².